The average molecular weight is 356 g/mol. The average Bonchev–Trinajstić information content (AvgIpc) is 2.67. The fourth-order valence-corrected chi connectivity index (χ4v) is 2.90. The van der Waals surface area contributed by atoms with E-state index in [1.165, 1.54) is 36.7 Å². The van der Waals surface area contributed by atoms with Gasteiger partial charge in [0.15, 0.2) is 0 Å². The summed E-state index contributed by atoms with van der Waals surface area (Å²) in [5, 5.41) is 2.61. The van der Waals surface area contributed by atoms with Crippen molar-refractivity contribution in [2.45, 2.75) is 6.92 Å². The second-order valence-electron chi connectivity index (χ2n) is 6.15. The maximum absolute atomic E-state index is 13.2. The smallest absolute Gasteiger partial charge is 0.257 e. The first-order valence-electron chi connectivity index (χ1n) is 8.60. The molecule has 0 aliphatic carbocycles. The van der Waals surface area contributed by atoms with Crippen LogP contribution in [0.3, 0.4) is 0 Å². The molecule has 6 nitrogen and oxygen atoms in total. The number of likely N-dealkylation sites (N-methyl/N-ethyl adjacent to an activating group) is 1. The van der Waals surface area contributed by atoms with E-state index in [2.05, 4.69) is 22.1 Å². The molecular formula is C19H21FN4O2. The maximum Gasteiger partial charge on any atom is 0.257 e. The van der Waals surface area contributed by atoms with Crippen LogP contribution in [0.2, 0.25) is 0 Å². The summed E-state index contributed by atoms with van der Waals surface area (Å²) < 4.78 is 13.2. The molecule has 3 rings (SSSR count). The van der Waals surface area contributed by atoms with Crippen LogP contribution in [-0.4, -0.2) is 59.3 Å². The van der Waals surface area contributed by atoms with Crippen LogP contribution in [0.15, 0.2) is 42.7 Å². The molecule has 0 atom stereocenters. The van der Waals surface area contributed by atoms with Crippen molar-refractivity contribution in [2.24, 2.45) is 0 Å². The lowest BCUT2D eigenvalue weighted by Gasteiger charge is -2.34. The highest BCUT2D eigenvalue weighted by Crippen LogP contribution is 2.13. The fraction of sp³-hybridized carbons (Fsp3) is 0.316. The molecule has 7 heteroatoms. The topological polar surface area (TPSA) is 65.5 Å². The normalized spacial score (nSPS) is 14.9. The van der Waals surface area contributed by atoms with E-state index in [4.69, 9.17) is 0 Å². The Morgan fingerprint density at radius 2 is 1.85 bits per heavy atom. The van der Waals surface area contributed by atoms with Gasteiger partial charge in [-0.1, -0.05) is 13.0 Å². The molecule has 0 bridgehead atoms. The molecule has 1 aliphatic rings. The van der Waals surface area contributed by atoms with Gasteiger partial charge in [0.05, 0.1) is 11.1 Å². The fourth-order valence-electron chi connectivity index (χ4n) is 2.90. The summed E-state index contributed by atoms with van der Waals surface area (Å²) >= 11 is 0. The molecule has 0 radical (unpaired) electrons. The van der Waals surface area contributed by atoms with Crippen molar-refractivity contribution in [3.8, 4) is 0 Å². The zero-order chi connectivity index (χ0) is 18.5. The number of hydrogen-bond acceptors (Lipinski definition) is 4. The number of carbonyl (C=O) groups is 2. The summed E-state index contributed by atoms with van der Waals surface area (Å²) in [6.07, 6.45) is 2.86. The van der Waals surface area contributed by atoms with Crippen LogP contribution < -0.4 is 5.32 Å². The molecule has 1 saturated heterocycles. The molecule has 2 aromatic rings. The number of pyridine rings is 1. The Kier molecular flexibility index (Phi) is 5.58. The summed E-state index contributed by atoms with van der Waals surface area (Å²) in [6.45, 7) is 6.07. The van der Waals surface area contributed by atoms with E-state index < -0.39 is 11.7 Å². The Morgan fingerprint density at radius 1 is 1.12 bits per heavy atom. The standard InChI is InChI=1S/C19H21FN4O2/c1-2-23-6-8-24(9-7-23)19(26)15-10-14(12-21-13-15)18(25)22-17-5-3-4-16(20)11-17/h3-5,10-13H,2,6-9H2,1H3,(H,22,25). The van der Waals surface area contributed by atoms with Crippen molar-refractivity contribution in [3.05, 3.63) is 59.7 Å². The number of carbonyl (C=O) groups excluding carboxylic acids is 2. The number of rotatable bonds is 4. The number of hydrogen-bond donors (Lipinski definition) is 1. The maximum atomic E-state index is 13.2. The van der Waals surface area contributed by atoms with Gasteiger partial charge in [0.1, 0.15) is 5.82 Å². The molecule has 0 saturated carbocycles. The number of nitrogens with one attached hydrogen (secondary N) is 1. The molecule has 1 aliphatic heterocycles. The van der Waals surface area contributed by atoms with Crippen molar-refractivity contribution < 1.29 is 14.0 Å². The summed E-state index contributed by atoms with van der Waals surface area (Å²) in [4.78, 5) is 33.1. The zero-order valence-corrected chi connectivity index (χ0v) is 14.6. The Balaban J connectivity index is 1.69. The molecule has 1 fully saturated rings. The minimum absolute atomic E-state index is 0.131. The van der Waals surface area contributed by atoms with Gasteiger partial charge in [-0.3, -0.25) is 14.6 Å². The van der Waals surface area contributed by atoms with Gasteiger partial charge in [-0.05, 0) is 30.8 Å². The first-order chi connectivity index (χ1) is 12.6. The highest BCUT2D eigenvalue weighted by atomic mass is 19.1. The summed E-state index contributed by atoms with van der Waals surface area (Å²) in [5.41, 5.74) is 0.983. The van der Waals surface area contributed by atoms with E-state index in [9.17, 15) is 14.0 Å². The Labute approximate surface area is 151 Å². The van der Waals surface area contributed by atoms with Crippen LogP contribution in [0.25, 0.3) is 0 Å². The molecule has 1 aromatic carbocycles. The monoisotopic (exact) mass is 356 g/mol. The van der Waals surface area contributed by atoms with Crippen molar-refractivity contribution in [1.82, 2.24) is 14.8 Å². The quantitative estimate of drug-likeness (QED) is 0.913. The van der Waals surface area contributed by atoms with Crippen LogP contribution in [0, 0.1) is 5.82 Å². The van der Waals surface area contributed by atoms with Crippen LogP contribution in [0.5, 0.6) is 0 Å². The third-order valence-corrected chi connectivity index (χ3v) is 4.44. The first kappa shape index (κ1) is 18.0. The second kappa shape index (κ2) is 8.05. The molecule has 2 heterocycles. The molecule has 0 unspecified atom stereocenters. The lowest BCUT2D eigenvalue weighted by atomic mass is 10.1. The number of aromatic nitrogens is 1. The first-order valence-corrected chi connectivity index (χ1v) is 8.60. The van der Waals surface area contributed by atoms with Gasteiger partial charge in [-0.15, -0.1) is 0 Å². The Morgan fingerprint density at radius 3 is 2.54 bits per heavy atom. The van der Waals surface area contributed by atoms with Gasteiger partial charge in [0.2, 0.25) is 0 Å². The summed E-state index contributed by atoms with van der Waals surface area (Å²) in [5.74, 6) is -1.00. The van der Waals surface area contributed by atoms with Crippen molar-refractivity contribution in [1.29, 1.82) is 0 Å². The Bertz CT molecular complexity index is 804. The molecule has 26 heavy (non-hydrogen) atoms. The molecule has 136 valence electrons. The zero-order valence-electron chi connectivity index (χ0n) is 14.6. The third-order valence-electron chi connectivity index (χ3n) is 4.44. The number of piperazine rings is 1. The third kappa shape index (κ3) is 4.23. The number of amides is 2. The number of benzene rings is 1. The minimum atomic E-state index is -0.437. The van der Waals surface area contributed by atoms with Crippen LogP contribution in [0.1, 0.15) is 27.6 Å². The lowest BCUT2D eigenvalue weighted by molar-refractivity contribution is 0.0643. The molecule has 0 spiro atoms. The Hall–Kier alpha value is -2.80. The van der Waals surface area contributed by atoms with Crippen LogP contribution >= 0.6 is 0 Å². The molecular weight excluding hydrogens is 335 g/mol. The van der Waals surface area contributed by atoms with Crippen molar-refractivity contribution in [3.63, 3.8) is 0 Å². The second-order valence-corrected chi connectivity index (χ2v) is 6.15. The van der Waals surface area contributed by atoms with E-state index >= 15 is 0 Å². The summed E-state index contributed by atoms with van der Waals surface area (Å²) in [7, 11) is 0. The minimum Gasteiger partial charge on any atom is -0.336 e. The van der Waals surface area contributed by atoms with Gasteiger partial charge in [0.25, 0.3) is 11.8 Å². The van der Waals surface area contributed by atoms with Gasteiger partial charge in [0, 0.05) is 44.3 Å². The van der Waals surface area contributed by atoms with E-state index in [-0.39, 0.29) is 11.5 Å². The van der Waals surface area contributed by atoms with Gasteiger partial charge in [-0.2, -0.15) is 0 Å². The molecule has 2 amide bonds. The number of nitrogens with zero attached hydrogens (tertiary/aromatic N) is 3. The van der Waals surface area contributed by atoms with E-state index in [0.29, 0.717) is 24.3 Å². The van der Waals surface area contributed by atoms with E-state index in [1.54, 1.807) is 11.0 Å². The van der Waals surface area contributed by atoms with Crippen molar-refractivity contribution in [2.75, 3.05) is 38.0 Å². The van der Waals surface area contributed by atoms with E-state index in [1.807, 2.05) is 0 Å². The largest absolute Gasteiger partial charge is 0.336 e. The highest BCUT2D eigenvalue weighted by Gasteiger charge is 2.22. The van der Waals surface area contributed by atoms with Gasteiger partial charge in [-0.25, -0.2) is 4.39 Å². The van der Waals surface area contributed by atoms with Crippen LogP contribution in [-0.2, 0) is 0 Å². The summed E-state index contributed by atoms with van der Waals surface area (Å²) in [6, 6.07) is 7.16. The van der Waals surface area contributed by atoms with Gasteiger partial charge >= 0.3 is 0 Å². The predicted molar refractivity (Wildman–Crippen MR) is 96.6 cm³/mol. The van der Waals surface area contributed by atoms with Gasteiger partial charge < -0.3 is 15.1 Å². The predicted octanol–water partition coefficient (Wildman–Crippen LogP) is 2.25. The lowest BCUT2D eigenvalue weighted by Crippen LogP contribution is -2.48. The van der Waals surface area contributed by atoms with Crippen molar-refractivity contribution >= 4 is 17.5 Å². The highest BCUT2D eigenvalue weighted by molar-refractivity contribution is 6.05. The van der Waals surface area contributed by atoms with E-state index in [0.717, 1.165) is 19.6 Å². The SMILES string of the molecule is CCN1CCN(C(=O)c2cncc(C(=O)Nc3cccc(F)c3)c2)CC1. The number of anilines is 1. The van der Waals surface area contributed by atoms with Crippen LogP contribution in [0.4, 0.5) is 10.1 Å². The number of halogens is 1. The molecule has 1 aromatic heterocycles. The molecule has 1 N–H and O–H groups in total.